The van der Waals surface area contributed by atoms with Crippen molar-refractivity contribution in [1.82, 2.24) is 34.5 Å². The fourth-order valence-corrected chi connectivity index (χ4v) is 12.0. The van der Waals surface area contributed by atoms with Crippen molar-refractivity contribution in [3.05, 3.63) is 284 Å². The SMILES string of the molecule is CC(C)(C)c1cc(-c2ccccc2-c2ccccc2-c2nc(-c3ccccc3)nc(-c3ccccc3)n2)c2c(c1)c1cc(C(C)(C)C)cc(-c3ccccc3-c3ccccc3-c3nc(-c4ccccc4)nc(-c4ccccc4)n3)c1n2-c1ccccc1. The highest BCUT2D eigenvalue weighted by atomic mass is 15.0. The highest BCUT2D eigenvalue weighted by Gasteiger charge is 2.29. The zero-order valence-electron chi connectivity index (χ0n) is 49.6. The Bertz CT molecular complexity index is 4450. The molecule has 0 radical (unpaired) electrons. The molecule has 0 saturated heterocycles. The van der Waals surface area contributed by atoms with Crippen molar-refractivity contribution in [1.29, 1.82) is 0 Å². The van der Waals surface area contributed by atoms with E-state index in [1.54, 1.807) is 0 Å². The highest BCUT2D eigenvalue weighted by molar-refractivity contribution is 6.19. The van der Waals surface area contributed by atoms with E-state index in [4.69, 9.17) is 29.9 Å². The maximum Gasteiger partial charge on any atom is 0.164 e. The normalized spacial score (nSPS) is 11.8. The monoisotopic (exact) mass is 1120 g/mol. The van der Waals surface area contributed by atoms with Gasteiger partial charge in [-0.15, -0.1) is 0 Å². The molecule has 0 aliphatic carbocycles. The largest absolute Gasteiger partial charge is 0.308 e. The number of nitrogens with zero attached hydrogens (tertiary/aromatic N) is 7. The molecule has 0 unspecified atom stereocenters. The number of fused-ring (bicyclic) bond motifs is 3. The zero-order chi connectivity index (χ0) is 59.2. The lowest BCUT2D eigenvalue weighted by Gasteiger charge is -2.23. The third-order valence-corrected chi connectivity index (χ3v) is 16.5. The first-order valence-electron chi connectivity index (χ1n) is 29.8. The summed E-state index contributed by atoms with van der Waals surface area (Å²) < 4.78 is 2.54. The minimum atomic E-state index is -0.222. The second kappa shape index (κ2) is 22.3. The van der Waals surface area contributed by atoms with Crippen LogP contribution in [0.15, 0.2) is 273 Å². The summed E-state index contributed by atoms with van der Waals surface area (Å²) in [7, 11) is 0. The molecular weight excluding hydrogens is 1060 g/mol. The molecule has 7 nitrogen and oxygen atoms in total. The molecule has 0 bridgehead atoms. The predicted octanol–water partition coefficient (Wildman–Crippen LogP) is 20.4. The van der Waals surface area contributed by atoms with Gasteiger partial charge in [0, 0.05) is 61.0 Å². The minimum absolute atomic E-state index is 0.222. The summed E-state index contributed by atoms with van der Waals surface area (Å²) in [5.74, 6) is 3.66. The Labute approximate surface area is 508 Å². The molecule has 0 spiro atoms. The van der Waals surface area contributed by atoms with Crippen molar-refractivity contribution in [3.63, 3.8) is 0 Å². The highest BCUT2D eigenvalue weighted by Crippen LogP contribution is 2.50. The van der Waals surface area contributed by atoms with Crippen LogP contribution in [-0.2, 0) is 10.8 Å². The van der Waals surface area contributed by atoms with Crippen molar-refractivity contribution in [3.8, 4) is 119 Å². The lowest BCUT2D eigenvalue weighted by molar-refractivity contribution is 0.590. The van der Waals surface area contributed by atoms with Gasteiger partial charge in [-0.05, 0) is 91.7 Å². The molecule has 0 amide bonds. The molecule has 0 atom stereocenters. The second-order valence-corrected chi connectivity index (χ2v) is 24.3. The van der Waals surface area contributed by atoms with Gasteiger partial charge in [0.1, 0.15) is 0 Å². The molecule has 3 aromatic heterocycles. The van der Waals surface area contributed by atoms with Crippen molar-refractivity contribution >= 4 is 21.8 Å². The van der Waals surface area contributed by atoms with Gasteiger partial charge in [0.2, 0.25) is 0 Å². The molecule has 0 saturated carbocycles. The van der Waals surface area contributed by atoms with Crippen molar-refractivity contribution in [2.45, 2.75) is 52.4 Å². The van der Waals surface area contributed by atoms with Crippen LogP contribution in [0.4, 0.5) is 0 Å². The van der Waals surface area contributed by atoms with Crippen LogP contribution in [0.2, 0.25) is 0 Å². The van der Waals surface area contributed by atoms with E-state index in [1.165, 1.54) is 21.9 Å². The van der Waals surface area contributed by atoms with Gasteiger partial charge >= 0.3 is 0 Å². The molecule has 14 aromatic rings. The Balaban J connectivity index is 1.04. The molecule has 418 valence electrons. The molecule has 11 aromatic carbocycles. The van der Waals surface area contributed by atoms with Gasteiger partial charge in [-0.3, -0.25) is 0 Å². The summed E-state index contributed by atoms with van der Waals surface area (Å²) in [6.07, 6.45) is 0. The molecule has 87 heavy (non-hydrogen) atoms. The van der Waals surface area contributed by atoms with E-state index in [0.717, 1.165) is 94.6 Å². The van der Waals surface area contributed by atoms with Gasteiger partial charge in [0.05, 0.1) is 11.0 Å². The Kier molecular flexibility index (Phi) is 13.9. The molecular formula is C80H63N7. The number of benzene rings is 11. The average Bonchev–Trinajstić information content (AvgIpc) is 1.69. The number of para-hydroxylation sites is 1. The molecule has 0 fully saturated rings. The first-order chi connectivity index (χ1) is 42.4. The Hall–Kier alpha value is -10.8. The van der Waals surface area contributed by atoms with Gasteiger partial charge in [0.25, 0.3) is 0 Å². The fraction of sp³-hybridized carbons (Fsp3) is 0.100. The molecule has 0 aliphatic heterocycles. The van der Waals surface area contributed by atoms with E-state index in [1.807, 2.05) is 72.8 Å². The van der Waals surface area contributed by atoms with Crippen LogP contribution < -0.4 is 0 Å². The Morgan fingerprint density at radius 1 is 0.230 bits per heavy atom. The van der Waals surface area contributed by atoms with Crippen molar-refractivity contribution in [2.75, 3.05) is 0 Å². The third-order valence-electron chi connectivity index (χ3n) is 16.5. The Morgan fingerprint density at radius 2 is 0.460 bits per heavy atom. The van der Waals surface area contributed by atoms with E-state index in [-0.39, 0.29) is 10.8 Å². The lowest BCUT2D eigenvalue weighted by atomic mass is 9.81. The molecule has 0 aliphatic rings. The topological polar surface area (TPSA) is 82.3 Å². The maximum absolute atomic E-state index is 5.28. The molecule has 7 heteroatoms. The number of hydrogen-bond acceptors (Lipinski definition) is 6. The summed E-state index contributed by atoms with van der Waals surface area (Å²) in [5, 5.41) is 2.35. The van der Waals surface area contributed by atoms with Gasteiger partial charge in [-0.2, -0.15) is 0 Å². The van der Waals surface area contributed by atoms with Crippen LogP contribution in [0.5, 0.6) is 0 Å². The van der Waals surface area contributed by atoms with Gasteiger partial charge in [0.15, 0.2) is 34.9 Å². The summed E-state index contributed by atoms with van der Waals surface area (Å²) in [6.45, 7) is 13.9. The van der Waals surface area contributed by atoms with Crippen molar-refractivity contribution in [2.24, 2.45) is 0 Å². The number of hydrogen-bond donors (Lipinski definition) is 0. The van der Waals surface area contributed by atoms with E-state index < -0.39 is 0 Å². The van der Waals surface area contributed by atoms with Crippen molar-refractivity contribution < 1.29 is 0 Å². The lowest BCUT2D eigenvalue weighted by Crippen LogP contribution is -2.11. The smallest absolute Gasteiger partial charge is 0.164 e. The van der Waals surface area contributed by atoms with Gasteiger partial charge in [-0.25, -0.2) is 29.9 Å². The van der Waals surface area contributed by atoms with Crippen LogP contribution in [0.25, 0.3) is 140 Å². The standard InChI is InChI=1S/C80H63N7/c1-79(2,3)56-48-67(63-44-24-22-40-59(63)61-42-26-28-46-65(61)77-83-73(52-30-12-7-13-31-52)81-74(84-77)53-32-14-8-15-33-53)71-69(50-56)70-51-57(80(4,5)6)49-68(72(70)87(71)58-38-20-11-21-39-58)64-45-25-23-41-60(64)62-43-27-29-47-66(62)78-85-75(54-34-16-9-17-35-54)82-76(86-78)55-36-18-10-19-37-55/h7-51H,1-6H3. The molecule has 14 rings (SSSR count). The van der Waals surface area contributed by atoms with Crippen LogP contribution >= 0.6 is 0 Å². The molecule has 3 heterocycles. The summed E-state index contributed by atoms with van der Waals surface area (Å²) in [5.41, 5.74) is 19.4. The molecule has 0 N–H and O–H groups in total. The Morgan fingerprint density at radius 3 is 0.747 bits per heavy atom. The minimum Gasteiger partial charge on any atom is -0.308 e. The average molecular weight is 1120 g/mol. The summed E-state index contributed by atoms with van der Waals surface area (Å²) >= 11 is 0. The maximum atomic E-state index is 5.28. The quantitative estimate of drug-likeness (QED) is 0.128. The third kappa shape index (κ3) is 10.4. The van der Waals surface area contributed by atoms with Gasteiger partial charge in [-0.1, -0.05) is 278 Å². The van der Waals surface area contributed by atoms with E-state index in [0.29, 0.717) is 34.9 Å². The zero-order valence-corrected chi connectivity index (χ0v) is 49.6. The van der Waals surface area contributed by atoms with Crippen LogP contribution in [-0.4, -0.2) is 34.5 Å². The second-order valence-electron chi connectivity index (χ2n) is 24.3. The number of aromatic nitrogens is 7. The first-order valence-corrected chi connectivity index (χ1v) is 29.8. The van der Waals surface area contributed by atoms with Crippen LogP contribution in [0.3, 0.4) is 0 Å². The fourth-order valence-electron chi connectivity index (χ4n) is 12.0. The predicted molar refractivity (Wildman–Crippen MR) is 359 cm³/mol. The summed E-state index contributed by atoms with van der Waals surface area (Å²) in [4.78, 5) is 31.3. The first kappa shape index (κ1) is 54.2. The number of rotatable bonds is 11. The van der Waals surface area contributed by atoms with Gasteiger partial charge < -0.3 is 4.57 Å². The van der Waals surface area contributed by atoms with Crippen LogP contribution in [0.1, 0.15) is 52.7 Å². The van der Waals surface area contributed by atoms with E-state index in [2.05, 4.69) is 246 Å². The van der Waals surface area contributed by atoms with E-state index >= 15 is 0 Å². The van der Waals surface area contributed by atoms with E-state index in [9.17, 15) is 0 Å². The summed E-state index contributed by atoms with van der Waals surface area (Å²) in [6, 6.07) is 96.3. The van der Waals surface area contributed by atoms with Crippen LogP contribution in [0, 0.1) is 0 Å².